The van der Waals surface area contributed by atoms with Gasteiger partial charge in [0.25, 0.3) is 0 Å². The van der Waals surface area contributed by atoms with Crippen LogP contribution in [0.3, 0.4) is 0 Å². The van der Waals surface area contributed by atoms with Gasteiger partial charge in [0, 0.05) is 6.42 Å². The van der Waals surface area contributed by atoms with Crippen molar-refractivity contribution in [2.45, 2.75) is 46.2 Å². The number of hydrogen-bond donors (Lipinski definition) is 0. The van der Waals surface area contributed by atoms with Gasteiger partial charge in [-0.2, -0.15) is 0 Å². The monoisotopic (exact) mass is 172 g/mol. The molecule has 0 rings (SSSR count). The molecule has 0 radical (unpaired) electrons. The molecule has 0 aliphatic carbocycles. The van der Waals surface area contributed by atoms with Gasteiger partial charge in [-0.15, -0.1) is 0 Å². The van der Waals surface area contributed by atoms with Crippen LogP contribution in [0.4, 0.5) is 0 Å². The first-order valence-electron chi connectivity index (χ1n) is 4.52. The predicted octanol–water partition coefficient (Wildman–Crippen LogP) is 3.08. The van der Waals surface area contributed by atoms with E-state index < -0.39 is 9.04 Å². The van der Waals surface area contributed by atoms with Crippen LogP contribution in [0, 0.1) is 0 Å². The molecular weight excluding hydrogens is 152 g/mol. The maximum atomic E-state index is 5.70. The minimum Gasteiger partial charge on any atom is -0.550 e. The highest BCUT2D eigenvalue weighted by Crippen LogP contribution is 2.09. The van der Waals surface area contributed by atoms with Crippen LogP contribution in [0.5, 0.6) is 0 Å². The quantitative estimate of drug-likeness (QED) is 0.457. The molecular formula is C9H20OSi. The van der Waals surface area contributed by atoms with E-state index in [2.05, 4.69) is 33.0 Å². The van der Waals surface area contributed by atoms with Crippen LogP contribution in [-0.4, -0.2) is 9.04 Å². The highest BCUT2D eigenvalue weighted by atomic mass is 28.3. The molecule has 0 heterocycles. The van der Waals surface area contributed by atoms with Gasteiger partial charge in [0.1, 0.15) is 0 Å². The second-order valence-corrected chi connectivity index (χ2v) is 5.36. The fourth-order valence-corrected chi connectivity index (χ4v) is 1.78. The Bertz CT molecular complexity index is 119. The number of rotatable bonds is 5. The van der Waals surface area contributed by atoms with Crippen molar-refractivity contribution in [3.05, 3.63) is 11.8 Å². The zero-order chi connectivity index (χ0) is 8.69. The van der Waals surface area contributed by atoms with E-state index in [0.29, 0.717) is 0 Å². The Hall–Kier alpha value is -0.243. The zero-order valence-corrected chi connectivity index (χ0v) is 9.34. The van der Waals surface area contributed by atoms with Gasteiger partial charge in [-0.3, -0.25) is 0 Å². The Morgan fingerprint density at radius 2 is 2.09 bits per heavy atom. The maximum absolute atomic E-state index is 5.70. The second-order valence-electron chi connectivity index (χ2n) is 3.03. The smallest absolute Gasteiger partial charge is 0.229 e. The van der Waals surface area contributed by atoms with Gasteiger partial charge in [0.15, 0.2) is 0 Å². The standard InChI is InChI=1S/C9H20OSi/c1-5-7-8-9(6-2)10-11(3)4/h6,11H,5,7-8H2,1-4H3. The van der Waals surface area contributed by atoms with Crippen molar-refractivity contribution in [2.24, 2.45) is 0 Å². The molecule has 0 aliphatic heterocycles. The number of hydrogen-bond acceptors (Lipinski definition) is 1. The molecule has 1 nitrogen and oxygen atoms in total. The first kappa shape index (κ1) is 10.8. The number of allylic oxidation sites excluding steroid dienone is 2. The molecule has 66 valence electrons. The maximum Gasteiger partial charge on any atom is 0.229 e. The van der Waals surface area contributed by atoms with E-state index in [1.54, 1.807) is 0 Å². The Kier molecular flexibility index (Phi) is 6.32. The summed E-state index contributed by atoms with van der Waals surface area (Å²) in [5, 5.41) is 0. The molecule has 0 bridgehead atoms. The van der Waals surface area contributed by atoms with Crippen LogP contribution in [0.25, 0.3) is 0 Å². The first-order chi connectivity index (χ1) is 5.20. The Balaban J connectivity index is 3.60. The van der Waals surface area contributed by atoms with Gasteiger partial charge in [0.2, 0.25) is 9.04 Å². The molecule has 0 aliphatic rings. The van der Waals surface area contributed by atoms with Gasteiger partial charge in [-0.05, 0) is 26.4 Å². The lowest BCUT2D eigenvalue weighted by Crippen LogP contribution is -2.07. The molecule has 0 aromatic carbocycles. The molecule has 0 saturated heterocycles. The highest BCUT2D eigenvalue weighted by Gasteiger charge is 1.99. The van der Waals surface area contributed by atoms with Crippen molar-refractivity contribution in [2.75, 3.05) is 0 Å². The summed E-state index contributed by atoms with van der Waals surface area (Å²) in [6, 6.07) is 0. The van der Waals surface area contributed by atoms with Crippen molar-refractivity contribution >= 4 is 9.04 Å². The molecule has 0 unspecified atom stereocenters. The van der Waals surface area contributed by atoms with Crippen LogP contribution in [-0.2, 0) is 4.43 Å². The fourth-order valence-electron chi connectivity index (χ4n) is 0.925. The van der Waals surface area contributed by atoms with Crippen LogP contribution in [0.1, 0.15) is 33.1 Å². The third-order valence-corrected chi connectivity index (χ3v) is 2.26. The minimum atomic E-state index is -0.857. The van der Waals surface area contributed by atoms with Gasteiger partial charge in [-0.1, -0.05) is 19.4 Å². The van der Waals surface area contributed by atoms with Gasteiger partial charge in [0.05, 0.1) is 5.76 Å². The fraction of sp³-hybridized carbons (Fsp3) is 0.778. The summed E-state index contributed by atoms with van der Waals surface area (Å²) >= 11 is 0. The van der Waals surface area contributed by atoms with E-state index in [9.17, 15) is 0 Å². The Morgan fingerprint density at radius 1 is 1.45 bits per heavy atom. The Morgan fingerprint density at radius 3 is 2.45 bits per heavy atom. The molecule has 2 heteroatoms. The van der Waals surface area contributed by atoms with Crippen molar-refractivity contribution < 1.29 is 4.43 Å². The molecule has 11 heavy (non-hydrogen) atoms. The SMILES string of the molecule is CC=C(CCCC)O[SiH](C)C. The van der Waals surface area contributed by atoms with Crippen molar-refractivity contribution in [3.8, 4) is 0 Å². The summed E-state index contributed by atoms with van der Waals surface area (Å²) in [5.74, 6) is 1.20. The first-order valence-corrected chi connectivity index (χ1v) is 7.30. The second kappa shape index (κ2) is 6.47. The highest BCUT2D eigenvalue weighted by molar-refractivity contribution is 6.48. The molecule has 0 atom stereocenters. The van der Waals surface area contributed by atoms with E-state index in [1.807, 2.05) is 0 Å². The summed E-state index contributed by atoms with van der Waals surface area (Å²) in [7, 11) is -0.857. The van der Waals surface area contributed by atoms with Crippen molar-refractivity contribution in [1.29, 1.82) is 0 Å². The van der Waals surface area contributed by atoms with E-state index in [1.165, 1.54) is 18.6 Å². The molecule has 0 spiro atoms. The lowest BCUT2D eigenvalue weighted by Gasteiger charge is -2.12. The van der Waals surface area contributed by atoms with Crippen molar-refractivity contribution in [1.82, 2.24) is 0 Å². The van der Waals surface area contributed by atoms with E-state index in [4.69, 9.17) is 4.43 Å². The topological polar surface area (TPSA) is 9.23 Å². The van der Waals surface area contributed by atoms with Crippen LogP contribution < -0.4 is 0 Å². The van der Waals surface area contributed by atoms with Crippen LogP contribution in [0.2, 0.25) is 13.1 Å². The minimum absolute atomic E-state index is 0.857. The molecule has 0 N–H and O–H groups in total. The summed E-state index contributed by atoms with van der Waals surface area (Å²) in [5.41, 5.74) is 0. The van der Waals surface area contributed by atoms with E-state index in [-0.39, 0.29) is 0 Å². The van der Waals surface area contributed by atoms with Crippen LogP contribution >= 0.6 is 0 Å². The van der Waals surface area contributed by atoms with Crippen molar-refractivity contribution in [3.63, 3.8) is 0 Å². The number of unbranched alkanes of at least 4 members (excludes halogenated alkanes) is 1. The molecule has 0 fully saturated rings. The molecule has 0 amide bonds. The largest absolute Gasteiger partial charge is 0.550 e. The normalized spacial score (nSPS) is 12.3. The molecule has 0 aromatic rings. The average Bonchev–Trinajstić information content (AvgIpc) is 1.97. The molecule has 0 aromatic heterocycles. The lowest BCUT2D eigenvalue weighted by molar-refractivity contribution is 0.409. The predicted molar refractivity (Wildman–Crippen MR) is 53.2 cm³/mol. The third kappa shape index (κ3) is 6.17. The Labute approximate surface area is 72.2 Å². The third-order valence-electron chi connectivity index (χ3n) is 1.49. The van der Waals surface area contributed by atoms with E-state index in [0.717, 1.165) is 6.42 Å². The van der Waals surface area contributed by atoms with Gasteiger partial charge < -0.3 is 4.43 Å². The summed E-state index contributed by atoms with van der Waals surface area (Å²) in [6.45, 7) is 8.67. The van der Waals surface area contributed by atoms with E-state index >= 15 is 0 Å². The summed E-state index contributed by atoms with van der Waals surface area (Å²) < 4.78 is 5.70. The lowest BCUT2D eigenvalue weighted by atomic mass is 10.2. The summed E-state index contributed by atoms with van der Waals surface area (Å²) in [6.07, 6.45) is 5.72. The molecule has 0 saturated carbocycles. The van der Waals surface area contributed by atoms with Gasteiger partial charge >= 0.3 is 0 Å². The van der Waals surface area contributed by atoms with Gasteiger partial charge in [-0.25, -0.2) is 0 Å². The van der Waals surface area contributed by atoms with Crippen LogP contribution in [0.15, 0.2) is 11.8 Å². The zero-order valence-electron chi connectivity index (χ0n) is 8.18. The average molecular weight is 172 g/mol. The summed E-state index contributed by atoms with van der Waals surface area (Å²) in [4.78, 5) is 0.